The van der Waals surface area contributed by atoms with Gasteiger partial charge in [-0.3, -0.25) is 9.48 Å². The molecular formula is C16H19N3O3. The Kier molecular flexibility index (Phi) is 3.46. The van der Waals surface area contributed by atoms with Gasteiger partial charge in [-0.2, -0.15) is 5.10 Å². The van der Waals surface area contributed by atoms with Gasteiger partial charge in [-0.05, 0) is 36.8 Å². The van der Waals surface area contributed by atoms with Crippen LogP contribution in [0, 0.1) is 5.92 Å². The predicted octanol–water partition coefficient (Wildman–Crippen LogP) is 1.93. The van der Waals surface area contributed by atoms with E-state index in [1.807, 2.05) is 4.68 Å². The molecule has 0 saturated heterocycles. The van der Waals surface area contributed by atoms with Crippen LogP contribution in [-0.2, 0) is 17.7 Å². The maximum absolute atomic E-state index is 12.0. The average Bonchev–Trinajstić information content (AvgIpc) is 3.03. The van der Waals surface area contributed by atoms with Crippen molar-refractivity contribution >= 4 is 5.91 Å². The fraction of sp³-hybridized carbons (Fsp3) is 0.500. The molecule has 1 aliphatic carbocycles. The van der Waals surface area contributed by atoms with Gasteiger partial charge < -0.3 is 14.5 Å². The van der Waals surface area contributed by atoms with Crippen molar-refractivity contribution in [2.75, 3.05) is 13.2 Å². The lowest BCUT2D eigenvalue weighted by Crippen LogP contribution is -2.31. The highest BCUT2D eigenvalue weighted by Crippen LogP contribution is 2.32. The fourth-order valence-electron chi connectivity index (χ4n) is 2.83. The Morgan fingerprint density at radius 1 is 1.45 bits per heavy atom. The van der Waals surface area contributed by atoms with Gasteiger partial charge in [0.2, 0.25) is 0 Å². The van der Waals surface area contributed by atoms with Crippen LogP contribution in [0.15, 0.2) is 29.2 Å². The number of nitrogens with zero attached hydrogens (tertiary/aromatic N) is 2. The molecule has 0 radical (unpaired) electrons. The Labute approximate surface area is 128 Å². The van der Waals surface area contributed by atoms with Gasteiger partial charge in [0.15, 0.2) is 0 Å². The molecular weight excluding hydrogens is 282 g/mol. The Morgan fingerprint density at radius 3 is 3.14 bits per heavy atom. The van der Waals surface area contributed by atoms with Crippen LogP contribution in [0.2, 0.25) is 0 Å². The number of ether oxygens (including phenoxy) is 1. The van der Waals surface area contributed by atoms with Crippen LogP contribution >= 0.6 is 0 Å². The van der Waals surface area contributed by atoms with E-state index in [9.17, 15) is 4.79 Å². The zero-order valence-corrected chi connectivity index (χ0v) is 12.3. The van der Waals surface area contributed by atoms with E-state index >= 15 is 0 Å². The van der Waals surface area contributed by atoms with Crippen LogP contribution in [0.5, 0.6) is 0 Å². The molecule has 6 nitrogen and oxygen atoms in total. The van der Waals surface area contributed by atoms with E-state index in [-0.39, 0.29) is 12.0 Å². The van der Waals surface area contributed by atoms with Crippen molar-refractivity contribution in [1.82, 2.24) is 15.1 Å². The second kappa shape index (κ2) is 5.61. The lowest BCUT2D eigenvalue weighted by Gasteiger charge is -2.22. The van der Waals surface area contributed by atoms with Crippen molar-refractivity contribution in [2.45, 2.75) is 31.9 Å². The number of fused-ring (bicyclic) bond motifs is 1. The van der Waals surface area contributed by atoms with Gasteiger partial charge >= 0.3 is 0 Å². The number of hydrogen-bond donors (Lipinski definition) is 1. The lowest BCUT2D eigenvalue weighted by atomic mass is 10.1. The summed E-state index contributed by atoms with van der Waals surface area (Å²) in [5.41, 5.74) is 2.74. The third kappa shape index (κ3) is 2.78. The summed E-state index contributed by atoms with van der Waals surface area (Å²) in [4.78, 5) is 12.0. The van der Waals surface area contributed by atoms with Crippen molar-refractivity contribution in [3.63, 3.8) is 0 Å². The molecule has 22 heavy (non-hydrogen) atoms. The van der Waals surface area contributed by atoms with Gasteiger partial charge in [0.1, 0.15) is 12.4 Å². The fourth-order valence-corrected chi connectivity index (χ4v) is 2.83. The molecule has 1 saturated carbocycles. The minimum atomic E-state index is -0.167. The number of hydrogen-bond acceptors (Lipinski definition) is 4. The smallest absolute Gasteiger partial charge is 0.254 e. The minimum absolute atomic E-state index is 0.151. The van der Waals surface area contributed by atoms with Crippen molar-refractivity contribution in [3.05, 3.63) is 41.6 Å². The molecule has 1 aliphatic heterocycles. The molecule has 0 unspecified atom stereocenters. The van der Waals surface area contributed by atoms with Gasteiger partial charge in [0, 0.05) is 19.3 Å². The quantitative estimate of drug-likeness (QED) is 0.916. The second-order valence-electron chi connectivity index (χ2n) is 6.04. The van der Waals surface area contributed by atoms with Crippen molar-refractivity contribution in [1.29, 1.82) is 0 Å². The van der Waals surface area contributed by atoms with Gasteiger partial charge in [-0.1, -0.05) is 0 Å². The van der Waals surface area contributed by atoms with Crippen LogP contribution in [0.25, 0.3) is 0 Å². The van der Waals surface area contributed by atoms with E-state index in [0.717, 1.165) is 24.6 Å². The van der Waals surface area contributed by atoms with Crippen LogP contribution in [0.3, 0.4) is 0 Å². The molecule has 3 heterocycles. The molecule has 0 bridgehead atoms. The summed E-state index contributed by atoms with van der Waals surface area (Å²) in [6, 6.07) is 1.65. The first-order valence-corrected chi connectivity index (χ1v) is 7.78. The molecule has 0 aromatic carbocycles. The molecule has 1 fully saturated rings. The highest BCUT2D eigenvalue weighted by molar-refractivity contribution is 5.93. The number of aromatic nitrogens is 2. The maximum Gasteiger partial charge on any atom is 0.254 e. The molecule has 116 valence electrons. The first-order valence-electron chi connectivity index (χ1n) is 7.78. The van der Waals surface area contributed by atoms with Gasteiger partial charge in [-0.15, -0.1) is 0 Å². The summed E-state index contributed by atoms with van der Waals surface area (Å²) in [5, 5.41) is 7.56. The van der Waals surface area contributed by atoms with Crippen LogP contribution < -0.4 is 5.32 Å². The number of amides is 1. The van der Waals surface area contributed by atoms with Crippen LogP contribution in [0.4, 0.5) is 0 Å². The summed E-state index contributed by atoms with van der Waals surface area (Å²) in [5.74, 6) is 0.642. The number of furan rings is 1. The Morgan fingerprint density at radius 2 is 2.36 bits per heavy atom. The summed E-state index contributed by atoms with van der Waals surface area (Å²) in [7, 11) is 0. The van der Waals surface area contributed by atoms with Gasteiger partial charge in [-0.25, -0.2) is 0 Å². The third-order valence-corrected chi connectivity index (χ3v) is 4.24. The summed E-state index contributed by atoms with van der Waals surface area (Å²) in [6.07, 6.45) is 8.42. The zero-order valence-electron chi connectivity index (χ0n) is 12.3. The second-order valence-corrected chi connectivity index (χ2v) is 6.04. The van der Waals surface area contributed by atoms with Crippen molar-refractivity contribution in [2.24, 2.45) is 5.92 Å². The number of nitrogens with one attached hydrogen (secondary N) is 1. The standard InChI is InChI=1S/C16H19N3O3/c20-16(13-3-5-21-10-13)17-7-14-15-12(4-6-22-14)9-19(18-15)8-11-1-2-11/h3,5,9-11,14H,1-2,4,6-8H2,(H,17,20)/t14-/m1/s1. The largest absolute Gasteiger partial charge is 0.472 e. The Balaban J connectivity index is 1.42. The van der Waals surface area contributed by atoms with Gasteiger partial charge in [0.05, 0.1) is 24.1 Å². The first-order chi connectivity index (χ1) is 10.8. The predicted molar refractivity (Wildman–Crippen MR) is 78.4 cm³/mol. The summed E-state index contributed by atoms with van der Waals surface area (Å²) in [6.45, 7) is 2.10. The molecule has 1 N–H and O–H groups in total. The lowest BCUT2D eigenvalue weighted by molar-refractivity contribution is 0.0383. The van der Waals surface area contributed by atoms with E-state index < -0.39 is 0 Å². The van der Waals surface area contributed by atoms with Crippen LogP contribution in [0.1, 0.15) is 40.6 Å². The molecule has 2 aliphatic rings. The number of carbonyl (C=O) groups excluding carboxylic acids is 1. The molecule has 6 heteroatoms. The number of carbonyl (C=O) groups is 1. The maximum atomic E-state index is 12.0. The SMILES string of the molecule is O=C(NC[C@H]1OCCc2cn(CC3CC3)nc21)c1ccoc1. The minimum Gasteiger partial charge on any atom is -0.472 e. The molecule has 1 amide bonds. The van der Waals surface area contributed by atoms with E-state index in [1.165, 1.54) is 30.9 Å². The van der Waals surface area contributed by atoms with Gasteiger partial charge in [0.25, 0.3) is 5.91 Å². The van der Waals surface area contributed by atoms with E-state index in [0.29, 0.717) is 18.7 Å². The topological polar surface area (TPSA) is 69.3 Å². The molecule has 0 spiro atoms. The Hall–Kier alpha value is -2.08. The molecule has 2 aromatic rings. The average molecular weight is 301 g/mol. The Bertz CT molecular complexity index is 658. The first kappa shape index (κ1) is 13.6. The van der Waals surface area contributed by atoms with E-state index in [4.69, 9.17) is 9.15 Å². The van der Waals surface area contributed by atoms with E-state index in [2.05, 4.69) is 16.6 Å². The summed E-state index contributed by atoms with van der Waals surface area (Å²) < 4.78 is 12.8. The zero-order chi connectivity index (χ0) is 14.9. The molecule has 4 rings (SSSR count). The molecule has 2 aromatic heterocycles. The highest BCUT2D eigenvalue weighted by atomic mass is 16.5. The third-order valence-electron chi connectivity index (χ3n) is 4.24. The summed E-state index contributed by atoms with van der Waals surface area (Å²) >= 11 is 0. The van der Waals surface area contributed by atoms with Crippen molar-refractivity contribution < 1.29 is 13.9 Å². The number of rotatable bonds is 5. The van der Waals surface area contributed by atoms with E-state index in [1.54, 1.807) is 6.07 Å². The normalized spacial score (nSPS) is 20.6. The highest BCUT2D eigenvalue weighted by Gasteiger charge is 2.27. The van der Waals surface area contributed by atoms with Crippen molar-refractivity contribution in [3.8, 4) is 0 Å². The van der Waals surface area contributed by atoms with Crippen LogP contribution in [-0.4, -0.2) is 28.8 Å². The monoisotopic (exact) mass is 301 g/mol. The molecule has 1 atom stereocenters.